The Morgan fingerprint density at radius 1 is 1.47 bits per heavy atom. The lowest BCUT2D eigenvalue weighted by atomic mass is 9.95. The average Bonchev–Trinajstić information content (AvgIpc) is 2.17. The summed E-state index contributed by atoms with van der Waals surface area (Å²) in [6.45, 7) is 3.26. The lowest BCUT2D eigenvalue weighted by molar-refractivity contribution is -0.178. The first kappa shape index (κ1) is 10.4. The topological polar surface area (TPSA) is 52.6 Å². The Bertz CT molecular complexity index is 410. The second-order valence-corrected chi connectivity index (χ2v) is 4.42. The van der Waals surface area contributed by atoms with Crippen molar-refractivity contribution in [1.29, 1.82) is 0 Å². The first-order chi connectivity index (χ1) is 6.94. The summed E-state index contributed by atoms with van der Waals surface area (Å²) in [5, 5.41) is 0. The molecule has 2 aliphatic rings. The van der Waals surface area contributed by atoms with Gasteiger partial charge in [-0.1, -0.05) is 0 Å². The second kappa shape index (κ2) is 3.20. The summed E-state index contributed by atoms with van der Waals surface area (Å²) in [5.41, 5.74) is -0.962. The number of halogens is 1. The van der Waals surface area contributed by atoms with Gasteiger partial charge in [0.05, 0.1) is 0 Å². The summed E-state index contributed by atoms with van der Waals surface area (Å²) in [5.74, 6) is -0.254. The van der Waals surface area contributed by atoms with Gasteiger partial charge in [0.25, 0.3) is 0 Å². The van der Waals surface area contributed by atoms with Crippen LogP contribution in [0.3, 0.4) is 0 Å². The summed E-state index contributed by atoms with van der Waals surface area (Å²) >= 11 is 3.14. The fourth-order valence-corrected chi connectivity index (χ4v) is 2.10. The van der Waals surface area contributed by atoms with E-state index >= 15 is 0 Å². The number of hydrogen-bond acceptors (Lipinski definition) is 4. The lowest BCUT2D eigenvalue weighted by Crippen LogP contribution is -2.46. The van der Waals surface area contributed by atoms with Crippen molar-refractivity contribution in [3.05, 3.63) is 22.4 Å². The quantitative estimate of drug-likeness (QED) is 0.627. The van der Waals surface area contributed by atoms with Gasteiger partial charge in [-0.05, 0) is 41.9 Å². The van der Waals surface area contributed by atoms with Crippen LogP contribution >= 0.6 is 15.9 Å². The molecule has 0 saturated carbocycles. The number of ketones is 1. The van der Waals surface area contributed by atoms with E-state index in [-0.39, 0.29) is 5.78 Å². The lowest BCUT2D eigenvalue weighted by Gasteiger charge is -2.37. The summed E-state index contributed by atoms with van der Waals surface area (Å²) in [7, 11) is 0. The van der Waals surface area contributed by atoms with Crippen LogP contribution in [0.15, 0.2) is 22.4 Å². The number of ether oxygens (including phenoxy) is 2. The number of carbonyl (C=O) groups excluding carboxylic acids is 2. The van der Waals surface area contributed by atoms with Crippen LogP contribution in [0, 0.1) is 0 Å². The largest absolute Gasteiger partial charge is 0.477 e. The summed E-state index contributed by atoms with van der Waals surface area (Å²) < 4.78 is 10.9. The molecule has 0 radical (unpaired) electrons. The fourth-order valence-electron chi connectivity index (χ4n) is 1.48. The summed E-state index contributed by atoms with van der Waals surface area (Å²) in [6.07, 6.45) is 2.21. The third kappa shape index (κ3) is 1.51. The van der Waals surface area contributed by atoms with Crippen molar-refractivity contribution in [1.82, 2.24) is 0 Å². The Morgan fingerprint density at radius 2 is 2.13 bits per heavy atom. The van der Waals surface area contributed by atoms with Crippen LogP contribution in [-0.2, 0) is 19.1 Å². The fraction of sp³-hybridized carbons (Fsp3) is 0.400. The zero-order chi connectivity index (χ0) is 11.2. The van der Waals surface area contributed by atoms with Gasteiger partial charge < -0.3 is 9.47 Å². The van der Waals surface area contributed by atoms with Crippen LogP contribution < -0.4 is 0 Å². The number of hydrogen-bond donors (Lipinski definition) is 0. The van der Waals surface area contributed by atoms with Crippen LogP contribution in [0.4, 0.5) is 0 Å². The van der Waals surface area contributed by atoms with Crippen molar-refractivity contribution in [2.75, 3.05) is 0 Å². The van der Waals surface area contributed by atoms with Crippen LogP contribution in [0.2, 0.25) is 0 Å². The van der Waals surface area contributed by atoms with E-state index in [0.29, 0.717) is 10.2 Å². The smallest absolute Gasteiger partial charge is 0.348 e. The average molecular weight is 273 g/mol. The minimum atomic E-state index is -0.962. The molecule has 2 atom stereocenters. The normalized spacial score (nSPS) is 34.7. The van der Waals surface area contributed by atoms with Gasteiger partial charge in [0.15, 0.2) is 23.2 Å². The van der Waals surface area contributed by atoms with Gasteiger partial charge in [-0.3, -0.25) is 4.79 Å². The van der Waals surface area contributed by atoms with Gasteiger partial charge in [0, 0.05) is 0 Å². The predicted octanol–water partition coefficient (Wildman–Crippen LogP) is 1.45. The molecule has 15 heavy (non-hydrogen) atoms. The van der Waals surface area contributed by atoms with E-state index in [9.17, 15) is 9.59 Å². The first-order valence-electron chi connectivity index (χ1n) is 4.47. The van der Waals surface area contributed by atoms with E-state index < -0.39 is 17.7 Å². The number of allylic oxidation sites excluding steroid dienone is 2. The molecular formula is C10H9BrO4. The molecule has 1 heterocycles. The molecule has 1 aliphatic heterocycles. The number of carbonyl (C=O) groups is 2. The van der Waals surface area contributed by atoms with Gasteiger partial charge in [0.2, 0.25) is 0 Å². The van der Waals surface area contributed by atoms with E-state index in [4.69, 9.17) is 9.47 Å². The van der Waals surface area contributed by atoms with E-state index in [1.807, 2.05) is 0 Å². The summed E-state index contributed by atoms with van der Waals surface area (Å²) in [6, 6.07) is 0. The van der Waals surface area contributed by atoms with E-state index in [1.54, 1.807) is 13.8 Å². The van der Waals surface area contributed by atoms with E-state index in [1.165, 1.54) is 12.2 Å². The van der Waals surface area contributed by atoms with Crippen molar-refractivity contribution in [2.45, 2.75) is 25.6 Å². The molecule has 4 nitrogen and oxygen atoms in total. The maximum Gasteiger partial charge on any atom is 0.348 e. The standard InChI is InChI=1S/C10H9BrO4/c1-5-9(13)15-10(2)4-3-6(12)7(11)8(10)14-5/h3-5H,1-2H3/t5-,10-/m1/s1. The molecule has 0 unspecified atom stereocenters. The molecule has 2 rings (SSSR count). The highest BCUT2D eigenvalue weighted by atomic mass is 79.9. The maximum atomic E-state index is 11.4. The van der Waals surface area contributed by atoms with E-state index in [0.717, 1.165) is 0 Å². The Kier molecular flexibility index (Phi) is 2.22. The summed E-state index contributed by atoms with van der Waals surface area (Å²) in [4.78, 5) is 22.7. The Balaban J connectivity index is 2.47. The van der Waals surface area contributed by atoms with Crippen molar-refractivity contribution >= 4 is 27.7 Å². The second-order valence-electron chi connectivity index (χ2n) is 3.63. The number of fused-ring (bicyclic) bond motifs is 1. The van der Waals surface area contributed by atoms with Crippen LogP contribution in [0.25, 0.3) is 0 Å². The van der Waals surface area contributed by atoms with Crippen molar-refractivity contribution < 1.29 is 19.1 Å². The van der Waals surface area contributed by atoms with Crippen molar-refractivity contribution in [2.24, 2.45) is 0 Å². The highest BCUT2D eigenvalue weighted by molar-refractivity contribution is 9.12. The highest BCUT2D eigenvalue weighted by Crippen LogP contribution is 2.38. The maximum absolute atomic E-state index is 11.4. The molecular weight excluding hydrogens is 264 g/mol. The Labute approximate surface area is 95.1 Å². The van der Waals surface area contributed by atoms with Gasteiger partial charge in [0.1, 0.15) is 4.48 Å². The molecule has 0 aromatic rings. The molecule has 0 bridgehead atoms. The minimum absolute atomic E-state index is 0.187. The van der Waals surface area contributed by atoms with Crippen molar-refractivity contribution in [3.63, 3.8) is 0 Å². The zero-order valence-electron chi connectivity index (χ0n) is 8.24. The third-order valence-electron chi connectivity index (χ3n) is 2.36. The monoisotopic (exact) mass is 272 g/mol. The molecule has 0 N–H and O–H groups in total. The molecule has 80 valence electrons. The predicted molar refractivity (Wildman–Crippen MR) is 55.1 cm³/mol. The van der Waals surface area contributed by atoms with Crippen LogP contribution in [0.5, 0.6) is 0 Å². The molecule has 0 aromatic carbocycles. The Hall–Kier alpha value is -1.10. The molecule has 1 fully saturated rings. The van der Waals surface area contributed by atoms with Gasteiger partial charge in [-0.25, -0.2) is 4.79 Å². The number of esters is 1. The number of rotatable bonds is 0. The molecule has 0 aromatic heterocycles. The zero-order valence-corrected chi connectivity index (χ0v) is 9.83. The van der Waals surface area contributed by atoms with Gasteiger partial charge >= 0.3 is 5.97 Å². The molecule has 1 aliphatic carbocycles. The van der Waals surface area contributed by atoms with Crippen LogP contribution in [0.1, 0.15) is 13.8 Å². The minimum Gasteiger partial charge on any atom is -0.477 e. The Morgan fingerprint density at radius 3 is 2.80 bits per heavy atom. The third-order valence-corrected chi connectivity index (χ3v) is 3.11. The van der Waals surface area contributed by atoms with Gasteiger partial charge in [-0.15, -0.1) is 0 Å². The molecule has 1 saturated heterocycles. The van der Waals surface area contributed by atoms with Crippen LogP contribution in [-0.4, -0.2) is 23.5 Å². The molecule has 0 spiro atoms. The van der Waals surface area contributed by atoms with E-state index in [2.05, 4.69) is 15.9 Å². The highest BCUT2D eigenvalue weighted by Gasteiger charge is 2.45. The van der Waals surface area contributed by atoms with Gasteiger partial charge in [-0.2, -0.15) is 0 Å². The molecule has 0 amide bonds. The van der Waals surface area contributed by atoms with Crippen molar-refractivity contribution in [3.8, 4) is 0 Å². The first-order valence-corrected chi connectivity index (χ1v) is 5.27. The molecule has 5 heteroatoms. The SMILES string of the molecule is C[C@H]1OC2=C(Br)C(=O)C=C[C@@]2(C)OC1=O.